The van der Waals surface area contributed by atoms with Crippen LogP contribution in [0.15, 0.2) is 46.1 Å². The Kier molecular flexibility index (Phi) is 7.96. The maximum absolute atomic E-state index is 12.7. The summed E-state index contributed by atoms with van der Waals surface area (Å²) < 4.78 is 0.788. The van der Waals surface area contributed by atoms with Crippen molar-refractivity contribution in [2.45, 2.75) is 72.4 Å². The minimum absolute atomic E-state index is 0.0445. The number of benzene rings is 1. The van der Waals surface area contributed by atoms with Crippen LogP contribution in [0.2, 0.25) is 0 Å². The highest BCUT2D eigenvalue weighted by molar-refractivity contribution is 9.18. The van der Waals surface area contributed by atoms with Crippen molar-refractivity contribution in [2.75, 3.05) is 6.54 Å². The fraction of sp³-hybridized carbons (Fsp3) is 0.500. The van der Waals surface area contributed by atoms with Crippen LogP contribution < -0.4 is 5.32 Å². The maximum atomic E-state index is 12.7. The van der Waals surface area contributed by atoms with Crippen LogP contribution in [0.25, 0.3) is 5.70 Å². The summed E-state index contributed by atoms with van der Waals surface area (Å²) in [4.78, 5) is 17.4. The average molecular weight is 515 g/mol. The van der Waals surface area contributed by atoms with Crippen molar-refractivity contribution in [1.82, 2.24) is 10.3 Å². The van der Waals surface area contributed by atoms with Gasteiger partial charge in [0.2, 0.25) is 0 Å². The van der Waals surface area contributed by atoms with Crippen LogP contribution in [0, 0.1) is 12.8 Å². The van der Waals surface area contributed by atoms with E-state index in [9.17, 15) is 9.90 Å². The predicted molar refractivity (Wildman–Crippen MR) is 140 cm³/mol. The van der Waals surface area contributed by atoms with Crippen LogP contribution in [0.4, 0.5) is 0 Å². The molecular weight excluding hydrogens is 480 g/mol. The zero-order valence-corrected chi connectivity index (χ0v) is 22.0. The Bertz CT molecular complexity index is 1030. The van der Waals surface area contributed by atoms with Crippen LogP contribution in [0.3, 0.4) is 0 Å². The number of amides is 1. The molecular formula is C26H35BrN4O2. The highest BCUT2D eigenvalue weighted by atomic mass is 79.9. The molecule has 0 aromatic heterocycles. The Morgan fingerprint density at radius 3 is 2.76 bits per heavy atom. The summed E-state index contributed by atoms with van der Waals surface area (Å²) in [7, 11) is 0. The molecule has 1 aromatic rings. The fourth-order valence-corrected chi connectivity index (χ4v) is 4.19. The van der Waals surface area contributed by atoms with Gasteiger partial charge in [-0.3, -0.25) is 9.79 Å². The van der Waals surface area contributed by atoms with Gasteiger partial charge in [-0.05, 0) is 80.1 Å². The van der Waals surface area contributed by atoms with Gasteiger partial charge in [-0.25, -0.2) is 5.01 Å². The lowest BCUT2D eigenvalue weighted by atomic mass is 9.99. The quantitative estimate of drug-likeness (QED) is 0.532. The van der Waals surface area contributed by atoms with E-state index in [2.05, 4.69) is 53.3 Å². The van der Waals surface area contributed by atoms with E-state index < -0.39 is 5.60 Å². The van der Waals surface area contributed by atoms with E-state index in [1.165, 1.54) is 0 Å². The minimum Gasteiger partial charge on any atom is -0.389 e. The van der Waals surface area contributed by atoms with Gasteiger partial charge in [0, 0.05) is 23.6 Å². The van der Waals surface area contributed by atoms with Crippen LogP contribution in [-0.2, 0) is 0 Å². The molecule has 0 saturated heterocycles. The third kappa shape index (κ3) is 6.42. The van der Waals surface area contributed by atoms with Crippen molar-refractivity contribution < 1.29 is 9.90 Å². The molecule has 1 aromatic carbocycles. The lowest BCUT2D eigenvalue weighted by Gasteiger charge is -2.30. The normalized spacial score (nSPS) is 21.0. The van der Waals surface area contributed by atoms with Crippen molar-refractivity contribution in [3.63, 3.8) is 0 Å². The number of halogens is 1. The van der Waals surface area contributed by atoms with Crippen molar-refractivity contribution in [2.24, 2.45) is 16.0 Å². The Morgan fingerprint density at radius 1 is 1.39 bits per heavy atom. The lowest BCUT2D eigenvalue weighted by molar-refractivity contribution is 0.0902. The molecule has 2 unspecified atom stereocenters. The molecule has 0 aliphatic carbocycles. The Morgan fingerprint density at radius 2 is 2.12 bits per heavy atom. The third-order valence-corrected chi connectivity index (χ3v) is 6.25. The molecule has 1 amide bonds. The molecule has 0 fully saturated rings. The first kappa shape index (κ1) is 25.4. The molecule has 33 heavy (non-hydrogen) atoms. The van der Waals surface area contributed by atoms with Crippen LogP contribution in [-0.4, -0.2) is 44.5 Å². The summed E-state index contributed by atoms with van der Waals surface area (Å²) in [5.74, 6) is 0.272. The topological polar surface area (TPSA) is 77.3 Å². The summed E-state index contributed by atoms with van der Waals surface area (Å²) in [5.41, 5.74) is 4.56. The second kappa shape index (κ2) is 10.3. The number of rotatable bonds is 6. The zero-order valence-electron chi connectivity index (χ0n) is 20.4. The van der Waals surface area contributed by atoms with Gasteiger partial charge in [-0.15, -0.1) is 0 Å². The number of hydrazone groups is 1. The molecule has 2 aliphatic heterocycles. The number of hydrogen-bond acceptors (Lipinski definition) is 5. The molecule has 0 saturated carbocycles. The van der Waals surface area contributed by atoms with Gasteiger partial charge in [0.05, 0.1) is 29.3 Å². The first-order valence-electron chi connectivity index (χ1n) is 11.6. The van der Waals surface area contributed by atoms with E-state index >= 15 is 0 Å². The standard InChI is InChI=1S/C26H35BrN4O2/c1-7-18(4)29-25(32)20-10-9-19(13-17(20)3)23-12-16(2)8-11-22-21(28-15-26(5,6)33)14-24(27)30-31(22)23/h9-13,16,18,33H,7-8,14-15H2,1-6H3,(H,29,32). The van der Waals surface area contributed by atoms with E-state index in [0.717, 1.165) is 45.7 Å². The number of aryl methyl sites for hydroxylation is 1. The second-order valence-electron chi connectivity index (χ2n) is 9.71. The monoisotopic (exact) mass is 514 g/mol. The molecule has 0 bridgehead atoms. The predicted octanol–water partition coefficient (Wildman–Crippen LogP) is 5.41. The van der Waals surface area contributed by atoms with Gasteiger partial charge >= 0.3 is 0 Å². The SMILES string of the molecule is CCC(C)NC(=O)c1ccc(C2=CC(C)CC=C3C(=NCC(C)(C)O)CC(Br)=NN32)cc1C. The summed E-state index contributed by atoms with van der Waals surface area (Å²) in [6.45, 7) is 12.1. The minimum atomic E-state index is -0.876. The second-order valence-corrected chi connectivity index (χ2v) is 10.6. The van der Waals surface area contributed by atoms with Gasteiger partial charge < -0.3 is 10.4 Å². The first-order chi connectivity index (χ1) is 15.5. The summed E-state index contributed by atoms with van der Waals surface area (Å²) >= 11 is 3.58. The highest BCUT2D eigenvalue weighted by Gasteiger charge is 2.29. The van der Waals surface area contributed by atoms with Crippen LogP contribution in [0.1, 0.15) is 75.4 Å². The molecule has 2 N–H and O–H groups in total. The molecule has 0 radical (unpaired) electrons. The van der Waals surface area contributed by atoms with Gasteiger partial charge in [-0.1, -0.05) is 32.1 Å². The Hall–Kier alpha value is -2.25. The lowest BCUT2D eigenvalue weighted by Crippen LogP contribution is -2.32. The summed E-state index contributed by atoms with van der Waals surface area (Å²) in [6, 6.07) is 6.08. The Balaban J connectivity index is 1.99. The maximum Gasteiger partial charge on any atom is 0.251 e. The van der Waals surface area contributed by atoms with Gasteiger partial charge in [-0.2, -0.15) is 5.10 Å². The number of nitrogens with one attached hydrogen (secondary N) is 1. The average Bonchev–Trinajstić information content (AvgIpc) is 2.90. The molecule has 2 aliphatic rings. The molecule has 7 heteroatoms. The Labute approximate surface area is 205 Å². The molecule has 2 atom stereocenters. The highest BCUT2D eigenvalue weighted by Crippen LogP contribution is 2.35. The van der Waals surface area contributed by atoms with E-state index in [-0.39, 0.29) is 11.9 Å². The first-order valence-corrected chi connectivity index (χ1v) is 12.4. The largest absolute Gasteiger partial charge is 0.389 e. The number of aliphatic hydroxyl groups is 1. The van der Waals surface area contributed by atoms with E-state index in [1.54, 1.807) is 13.8 Å². The van der Waals surface area contributed by atoms with Crippen LogP contribution >= 0.6 is 15.9 Å². The molecule has 0 spiro atoms. The van der Waals surface area contributed by atoms with Crippen molar-refractivity contribution in [3.05, 3.63) is 52.7 Å². The van der Waals surface area contributed by atoms with Crippen LogP contribution in [0.5, 0.6) is 0 Å². The molecule has 178 valence electrons. The zero-order chi connectivity index (χ0) is 24.3. The third-order valence-electron chi connectivity index (χ3n) is 5.81. The summed E-state index contributed by atoms with van der Waals surface area (Å²) in [6.07, 6.45) is 6.76. The van der Waals surface area contributed by atoms with E-state index in [1.807, 2.05) is 31.0 Å². The molecule has 2 heterocycles. The number of nitrogens with zero attached hydrogens (tertiary/aromatic N) is 3. The van der Waals surface area contributed by atoms with E-state index in [4.69, 9.17) is 10.1 Å². The van der Waals surface area contributed by atoms with Crippen molar-refractivity contribution in [3.8, 4) is 0 Å². The van der Waals surface area contributed by atoms with Crippen molar-refractivity contribution in [1.29, 1.82) is 0 Å². The summed E-state index contributed by atoms with van der Waals surface area (Å²) in [5, 5.41) is 20.0. The van der Waals surface area contributed by atoms with Crippen molar-refractivity contribution >= 4 is 37.9 Å². The van der Waals surface area contributed by atoms with Gasteiger partial charge in [0.25, 0.3) is 5.91 Å². The van der Waals surface area contributed by atoms with Gasteiger partial charge in [0.15, 0.2) is 0 Å². The molecule has 3 rings (SSSR count). The number of fused-ring (bicyclic) bond motifs is 1. The fourth-order valence-electron chi connectivity index (χ4n) is 3.77. The number of aliphatic imine (C=N–C) groups is 1. The number of carbonyl (C=O) groups is 1. The smallest absolute Gasteiger partial charge is 0.251 e. The number of allylic oxidation sites excluding steroid dienone is 3. The number of carbonyl (C=O) groups excluding carboxylic acids is 1. The van der Waals surface area contributed by atoms with E-state index in [0.29, 0.717) is 24.4 Å². The molecule has 6 nitrogen and oxygen atoms in total. The number of hydrogen-bond donors (Lipinski definition) is 2. The van der Waals surface area contributed by atoms with Gasteiger partial charge in [0.1, 0.15) is 4.62 Å².